The average Bonchev–Trinajstić information content (AvgIpc) is 2.83. The van der Waals surface area contributed by atoms with Crippen molar-refractivity contribution in [1.29, 1.82) is 0 Å². The van der Waals surface area contributed by atoms with Crippen LogP contribution >= 0.6 is 22.6 Å². The summed E-state index contributed by atoms with van der Waals surface area (Å²) in [5.74, 6) is 0.506. The number of alkyl halides is 1. The van der Waals surface area contributed by atoms with Gasteiger partial charge in [-0.1, -0.05) is 41.7 Å². The summed E-state index contributed by atoms with van der Waals surface area (Å²) >= 11 is 2.43. The zero-order chi connectivity index (χ0) is 15.5. The first-order valence-corrected chi connectivity index (χ1v) is 9.51. The van der Waals surface area contributed by atoms with Crippen LogP contribution in [0.15, 0.2) is 12.2 Å². The molecule has 0 aromatic rings. The molecule has 3 nitrogen and oxygen atoms in total. The first-order valence-electron chi connectivity index (χ1n) is 7.99. The quantitative estimate of drug-likeness (QED) is 0.277. The molecule has 2 fully saturated rings. The second kappa shape index (κ2) is 7.55. The predicted octanol–water partition coefficient (Wildman–Crippen LogP) is 4.08. The number of rotatable bonds is 7. The van der Waals surface area contributed by atoms with E-state index in [1.807, 2.05) is 0 Å². The Morgan fingerprint density at radius 1 is 1.48 bits per heavy atom. The average molecular weight is 406 g/mol. The van der Waals surface area contributed by atoms with E-state index in [0.29, 0.717) is 18.4 Å². The molecule has 2 saturated heterocycles. The van der Waals surface area contributed by atoms with Crippen molar-refractivity contribution in [1.82, 2.24) is 0 Å². The van der Waals surface area contributed by atoms with Crippen molar-refractivity contribution in [2.24, 2.45) is 5.92 Å². The van der Waals surface area contributed by atoms with E-state index in [1.165, 1.54) is 5.57 Å². The van der Waals surface area contributed by atoms with Gasteiger partial charge in [-0.25, -0.2) is 0 Å². The fourth-order valence-corrected chi connectivity index (χ4v) is 4.44. The fraction of sp³-hybridized carbons (Fsp3) is 0.824. The molecule has 5 atom stereocenters. The van der Waals surface area contributed by atoms with E-state index >= 15 is 0 Å². The topological polar surface area (TPSA) is 35.5 Å². The van der Waals surface area contributed by atoms with Crippen molar-refractivity contribution >= 4 is 28.9 Å². The fourth-order valence-electron chi connectivity index (χ4n) is 3.46. The third kappa shape index (κ3) is 4.08. The van der Waals surface area contributed by atoms with E-state index in [4.69, 9.17) is 9.47 Å². The number of hydrogen-bond acceptors (Lipinski definition) is 3. The van der Waals surface area contributed by atoms with Gasteiger partial charge in [-0.2, -0.15) is 0 Å². The summed E-state index contributed by atoms with van der Waals surface area (Å²) in [5.41, 5.74) is 1.10. The number of halogens is 1. The highest BCUT2D eigenvalue weighted by Gasteiger charge is 2.52. The molecule has 0 N–H and O–H groups in total. The SMILES string of the molecule is C=C(C)[C@H](C)CC1CC[C@@H]2O[C@@H](CCC=O)C[C@]2(CI)O1. The third-order valence-corrected chi connectivity index (χ3v) is 6.25. The highest BCUT2D eigenvalue weighted by atomic mass is 127. The van der Waals surface area contributed by atoms with Gasteiger partial charge in [0.1, 0.15) is 11.9 Å². The summed E-state index contributed by atoms with van der Waals surface area (Å²) in [6.07, 6.45) is 7.26. The smallest absolute Gasteiger partial charge is 0.120 e. The Morgan fingerprint density at radius 3 is 2.86 bits per heavy atom. The van der Waals surface area contributed by atoms with E-state index in [1.54, 1.807) is 0 Å². The molecule has 2 aliphatic heterocycles. The van der Waals surface area contributed by atoms with Crippen molar-refractivity contribution < 1.29 is 14.3 Å². The lowest BCUT2D eigenvalue weighted by molar-refractivity contribution is -0.155. The Kier molecular flexibility index (Phi) is 6.26. The van der Waals surface area contributed by atoms with Crippen LogP contribution in [0.2, 0.25) is 0 Å². The summed E-state index contributed by atoms with van der Waals surface area (Å²) in [5, 5.41) is 0. The minimum absolute atomic E-state index is 0.133. The number of ether oxygens (including phenoxy) is 2. The highest BCUT2D eigenvalue weighted by Crippen LogP contribution is 2.45. The first-order chi connectivity index (χ1) is 10.0. The van der Waals surface area contributed by atoms with Gasteiger partial charge >= 0.3 is 0 Å². The molecule has 1 unspecified atom stereocenters. The number of carbonyl (C=O) groups is 1. The molecule has 0 saturated carbocycles. The summed E-state index contributed by atoms with van der Waals surface area (Å²) in [4.78, 5) is 10.6. The van der Waals surface area contributed by atoms with Gasteiger partial charge in [0, 0.05) is 17.3 Å². The molecule has 0 radical (unpaired) electrons. The second-order valence-corrected chi connectivity index (χ2v) is 7.46. The molecule has 2 rings (SSSR count). The van der Waals surface area contributed by atoms with Gasteiger partial charge in [-0.05, 0) is 38.5 Å². The number of aldehydes is 1. The van der Waals surface area contributed by atoms with Crippen molar-refractivity contribution in [3.8, 4) is 0 Å². The minimum Gasteiger partial charge on any atom is -0.372 e. The van der Waals surface area contributed by atoms with Gasteiger partial charge in [-0.3, -0.25) is 0 Å². The van der Waals surface area contributed by atoms with Gasteiger partial charge in [0.05, 0.1) is 18.3 Å². The van der Waals surface area contributed by atoms with Crippen LogP contribution in [0.5, 0.6) is 0 Å². The second-order valence-electron chi connectivity index (χ2n) is 6.69. The lowest BCUT2D eigenvalue weighted by Crippen LogP contribution is -2.50. The Balaban J connectivity index is 1.97. The Hall–Kier alpha value is 0.0600. The van der Waals surface area contributed by atoms with E-state index in [-0.39, 0.29) is 17.8 Å². The first kappa shape index (κ1) is 17.4. The number of allylic oxidation sites excluding steroid dienone is 1. The molecular formula is C17H27IO3. The zero-order valence-electron chi connectivity index (χ0n) is 13.1. The standard InChI is InChI=1S/C17H27IO3/c1-12(2)13(3)9-14-6-7-16-17(11-18,21-14)10-15(20-16)5-4-8-19/h8,13-16H,1,4-7,9-11H2,2-3H3/t13-,14?,15+,16+,17-/m1/s1. The molecule has 0 spiro atoms. The molecule has 120 valence electrons. The van der Waals surface area contributed by atoms with Crippen molar-refractivity contribution in [3.05, 3.63) is 12.2 Å². The van der Waals surface area contributed by atoms with Crippen LogP contribution in [0.4, 0.5) is 0 Å². The minimum atomic E-state index is -0.133. The van der Waals surface area contributed by atoms with Crippen LogP contribution in [0.25, 0.3) is 0 Å². The van der Waals surface area contributed by atoms with Crippen LogP contribution in [0, 0.1) is 5.92 Å². The lowest BCUT2D eigenvalue weighted by atomic mass is 9.85. The maximum Gasteiger partial charge on any atom is 0.120 e. The Morgan fingerprint density at radius 2 is 2.24 bits per heavy atom. The Bertz CT molecular complexity index is 384. The Labute approximate surface area is 142 Å². The van der Waals surface area contributed by atoms with Crippen LogP contribution in [-0.4, -0.2) is 34.6 Å². The van der Waals surface area contributed by atoms with Gasteiger partial charge in [0.2, 0.25) is 0 Å². The van der Waals surface area contributed by atoms with E-state index in [9.17, 15) is 4.79 Å². The molecule has 2 heterocycles. The molecule has 21 heavy (non-hydrogen) atoms. The summed E-state index contributed by atoms with van der Waals surface area (Å²) in [6, 6.07) is 0. The van der Waals surface area contributed by atoms with Gasteiger partial charge in [0.25, 0.3) is 0 Å². The van der Waals surface area contributed by atoms with Crippen LogP contribution in [0.3, 0.4) is 0 Å². The normalized spacial score (nSPS) is 37.0. The zero-order valence-corrected chi connectivity index (χ0v) is 15.3. The molecule has 0 amide bonds. The van der Waals surface area contributed by atoms with Gasteiger partial charge in [-0.15, -0.1) is 0 Å². The van der Waals surface area contributed by atoms with E-state index < -0.39 is 0 Å². The third-order valence-electron chi connectivity index (χ3n) is 4.96. The lowest BCUT2D eigenvalue weighted by Gasteiger charge is -2.42. The van der Waals surface area contributed by atoms with Crippen molar-refractivity contribution in [3.63, 3.8) is 0 Å². The molecule has 0 aromatic carbocycles. The van der Waals surface area contributed by atoms with Crippen LogP contribution in [-0.2, 0) is 14.3 Å². The van der Waals surface area contributed by atoms with E-state index in [0.717, 1.165) is 42.8 Å². The van der Waals surface area contributed by atoms with Crippen molar-refractivity contribution in [2.45, 2.75) is 76.3 Å². The largest absolute Gasteiger partial charge is 0.372 e. The summed E-state index contributed by atoms with van der Waals surface area (Å²) in [7, 11) is 0. The molecule has 0 aromatic heterocycles. The molecule has 4 heteroatoms. The monoisotopic (exact) mass is 406 g/mol. The maximum absolute atomic E-state index is 10.6. The molecule has 0 aliphatic carbocycles. The predicted molar refractivity (Wildman–Crippen MR) is 92.9 cm³/mol. The van der Waals surface area contributed by atoms with Gasteiger partial charge in [0.15, 0.2) is 0 Å². The van der Waals surface area contributed by atoms with Crippen molar-refractivity contribution in [2.75, 3.05) is 4.43 Å². The summed E-state index contributed by atoms with van der Waals surface area (Å²) in [6.45, 7) is 8.38. The van der Waals surface area contributed by atoms with E-state index in [2.05, 4.69) is 43.0 Å². The van der Waals surface area contributed by atoms with Crippen LogP contribution < -0.4 is 0 Å². The van der Waals surface area contributed by atoms with Gasteiger partial charge < -0.3 is 14.3 Å². The molecular weight excluding hydrogens is 379 g/mol. The number of carbonyl (C=O) groups excluding carboxylic acids is 1. The summed E-state index contributed by atoms with van der Waals surface area (Å²) < 4.78 is 13.6. The van der Waals surface area contributed by atoms with Crippen LogP contribution in [0.1, 0.15) is 52.4 Å². The number of fused-ring (bicyclic) bond motifs is 1. The highest BCUT2D eigenvalue weighted by molar-refractivity contribution is 14.1. The number of hydrogen-bond donors (Lipinski definition) is 0. The maximum atomic E-state index is 10.6. The molecule has 2 aliphatic rings. The molecule has 0 bridgehead atoms.